The Morgan fingerprint density at radius 3 is 2.93 bits per heavy atom. The van der Waals surface area contributed by atoms with E-state index in [1.807, 2.05) is 4.57 Å². The first-order valence-electron chi connectivity index (χ1n) is 5.99. The quantitative estimate of drug-likeness (QED) is 0.825. The molecule has 1 aromatic heterocycles. The van der Waals surface area contributed by atoms with Crippen molar-refractivity contribution in [3.05, 3.63) is 18.2 Å². The Labute approximate surface area is 91.1 Å². The second-order valence-electron chi connectivity index (χ2n) is 4.51. The van der Waals surface area contributed by atoms with E-state index in [4.69, 9.17) is 0 Å². The third-order valence-corrected chi connectivity index (χ3v) is 3.46. The molecule has 3 heteroatoms. The van der Waals surface area contributed by atoms with Gasteiger partial charge in [-0.25, -0.2) is 4.98 Å². The van der Waals surface area contributed by atoms with Crippen molar-refractivity contribution >= 4 is 0 Å². The normalized spacial score (nSPS) is 19.6. The number of imidazole rings is 1. The number of hydrogen-bond donors (Lipinski definition) is 1. The summed E-state index contributed by atoms with van der Waals surface area (Å²) in [6.45, 7) is 2.96. The fraction of sp³-hybridized carbons (Fsp3) is 0.750. The molecule has 0 saturated heterocycles. The zero-order valence-corrected chi connectivity index (χ0v) is 9.39. The molecule has 0 aliphatic heterocycles. The summed E-state index contributed by atoms with van der Waals surface area (Å²) in [4.78, 5) is 4.09. The molecule has 1 fully saturated rings. The molecule has 1 heterocycles. The highest BCUT2D eigenvalue weighted by Crippen LogP contribution is 2.32. The lowest BCUT2D eigenvalue weighted by atomic mass is 9.98. The van der Waals surface area contributed by atoms with Gasteiger partial charge in [0.2, 0.25) is 0 Å². The van der Waals surface area contributed by atoms with Crippen molar-refractivity contribution in [2.45, 2.75) is 51.7 Å². The summed E-state index contributed by atoms with van der Waals surface area (Å²) < 4.78 is 2.03. The largest absolute Gasteiger partial charge is 0.387 e. The Kier molecular flexibility index (Phi) is 3.41. The minimum atomic E-state index is -0.324. The van der Waals surface area contributed by atoms with E-state index in [2.05, 4.69) is 11.9 Å². The van der Waals surface area contributed by atoms with Gasteiger partial charge in [-0.05, 0) is 19.3 Å². The van der Waals surface area contributed by atoms with Gasteiger partial charge in [0.15, 0.2) is 0 Å². The summed E-state index contributed by atoms with van der Waals surface area (Å²) in [5.41, 5.74) is 0.976. The van der Waals surface area contributed by atoms with Crippen molar-refractivity contribution < 1.29 is 5.11 Å². The number of hydrogen-bond acceptors (Lipinski definition) is 2. The zero-order chi connectivity index (χ0) is 10.7. The van der Waals surface area contributed by atoms with Crippen LogP contribution in [0.3, 0.4) is 0 Å². The molecule has 84 valence electrons. The van der Waals surface area contributed by atoms with Gasteiger partial charge in [-0.3, -0.25) is 0 Å². The molecule has 1 aliphatic rings. The molecule has 1 unspecified atom stereocenters. The molecule has 1 saturated carbocycles. The predicted octanol–water partition coefficient (Wildman–Crippen LogP) is 2.52. The minimum Gasteiger partial charge on any atom is -0.387 e. The first-order chi connectivity index (χ1) is 7.31. The summed E-state index contributed by atoms with van der Waals surface area (Å²) >= 11 is 0. The van der Waals surface area contributed by atoms with Gasteiger partial charge >= 0.3 is 0 Å². The summed E-state index contributed by atoms with van der Waals surface area (Å²) in [5.74, 6) is 0.722. The molecule has 1 atom stereocenters. The number of nitrogens with zero attached hydrogens (tertiary/aromatic N) is 2. The number of rotatable bonds is 4. The maximum Gasteiger partial charge on any atom is 0.0958 e. The van der Waals surface area contributed by atoms with Gasteiger partial charge in [0.25, 0.3) is 0 Å². The smallest absolute Gasteiger partial charge is 0.0958 e. The molecular formula is C12H20N2O. The van der Waals surface area contributed by atoms with Crippen molar-refractivity contribution in [2.24, 2.45) is 5.92 Å². The monoisotopic (exact) mass is 208 g/mol. The zero-order valence-electron chi connectivity index (χ0n) is 9.39. The highest BCUT2D eigenvalue weighted by atomic mass is 16.3. The SMILES string of the molecule is CCn1cncc1C(O)CC1CCCC1. The lowest BCUT2D eigenvalue weighted by Crippen LogP contribution is -2.09. The second kappa shape index (κ2) is 4.79. The standard InChI is InChI=1S/C12H20N2O/c1-2-14-9-13-8-11(14)12(15)7-10-5-3-4-6-10/h8-10,12,15H,2-7H2,1H3. The molecule has 0 bridgehead atoms. The summed E-state index contributed by atoms with van der Waals surface area (Å²) in [6, 6.07) is 0. The van der Waals surface area contributed by atoms with Crippen LogP contribution >= 0.6 is 0 Å². The van der Waals surface area contributed by atoms with Crippen LogP contribution in [0.2, 0.25) is 0 Å². The second-order valence-corrected chi connectivity index (χ2v) is 4.51. The predicted molar refractivity (Wildman–Crippen MR) is 59.4 cm³/mol. The van der Waals surface area contributed by atoms with Crippen LogP contribution < -0.4 is 0 Å². The van der Waals surface area contributed by atoms with Crippen LogP contribution in [0, 0.1) is 5.92 Å². The fourth-order valence-corrected chi connectivity index (χ4v) is 2.56. The Morgan fingerprint density at radius 2 is 2.27 bits per heavy atom. The topological polar surface area (TPSA) is 38.0 Å². The third kappa shape index (κ3) is 2.40. The Bertz CT molecular complexity index is 302. The number of aryl methyl sites for hydroxylation is 1. The first-order valence-corrected chi connectivity index (χ1v) is 5.99. The number of aliphatic hydroxyl groups excluding tert-OH is 1. The van der Waals surface area contributed by atoms with Crippen molar-refractivity contribution in [3.8, 4) is 0 Å². The van der Waals surface area contributed by atoms with E-state index in [0.717, 1.165) is 24.6 Å². The van der Waals surface area contributed by atoms with Gasteiger partial charge in [-0.15, -0.1) is 0 Å². The average molecular weight is 208 g/mol. The van der Waals surface area contributed by atoms with Crippen LogP contribution in [0.1, 0.15) is 50.8 Å². The molecule has 15 heavy (non-hydrogen) atoms. The molecule has 0 radical (unpaired) electrons. The van der Waals surface area contributed by atoms with Crippen LogP contribution in [-0.4, -0.2) is 14.7 Å². The molecule has 0 spiro atoms. The Morgan fingerprint density at radius 1 is 1.53 bits per heavy atom. The lowest BCUT2D eigenvalue weighted by molar-refractivity contribution is 0.136. The van der Waals surface area contributed by atoms with E-state index in [0.29, 0.717) is 0 Å². The van der Waals surface area contributed by atoms with Crippen LogP contribution in [0.15, 0.2) is 12.5 Å². The summed E-state index contributed by atoms with van der Waals surface area (Å²) in [6.07, 6.45) is 9.43. The van der Waals surface area contributed by atoms with Gasteiger partial charge in [0.1, 0.15) is 0 Å². The van der Waals surface area contributed by atoms with Crippen LogP contribution in [-0.2, 0) is 6.54 Å². The molecule has 0 amide bonds. The van der Waals surface area contributed by atoms with E-state index in [1.54, 1.807) is 12.5 Å². The van der Waals surface area contributed by atoms with Gasteiger partial charge in [0.05, 0.1) is 24.3 Å². The van der Waals surface area contributed by atoms with E-state index in [-0.39, 0.29) is 6.10 Å². The molecule has 0 aromatic carbocycles. The average Bonchev–Trinajstić information content (AvgIpc) is 2.86. The lowest BCUT2D eigenvalue weighted by Gasteiger charge is -2.16. The van der Waals surface area contributed by atoms with E-state index >= 15 is 0 Å². The summed E-state index contributed by atoms with van der Waals surface area (Å²) in [7, 11) is 0. The molecule has 1 N–H and O–H groups in total. The minimum absolute atomic E-state index is 0.324. The molecular weight excluding hydrogens is 188 g/mol. The maximum atomic E-state index is 10.1. The number of aromatic nitrogens is 2. The van der Waals surface area contributed by atoms with Gasteiger partial charge < -0.3 is 9.67 Å². The third-order valence-electron chi connectivity index (χ3n) is 3.46. The van der Waals surface area contributed by atoms with E-state index < -0.39 is 0 Å². The van der Waals surface area contributed by atoms with Gasteiger partial charge in [-0.1, -0.05) is 25.7 Å². The molecule has 2 rings (SSSR count). The van der Waals surface area contributed by atoms with Gasteiger partial charge in [-0.2, -0.15) is 0 Å². The van der Waals surface area contributed by atoms with Crippen molar-refractivity contribution in [3.63, 3.8) is 0 Å². The van der Waals surface area contributed by atoms with E-state index in [1.165, 1.54) is 25.7 Å². The van der Waals surface area contributed by atoms with E-state index in [9.17, 15) is 5.11 Å². The summed E-state index contributed by atoms with van der Waals surface area (Å²) in [5, 5.41) is 10.1. The first kappa shape index (κ1) is 10.7. The van der Waals surface area contributed by atoms with Gasteiger partial charge in [0, 0.05) is 6.54 Å². The van der Waals surface area contributed by atoms with Crippen molar-refractivity contribution in [2.75, 3.05) is 0 Å². The van der Waals surface area contributed by atoms with Crippen molar-refractivity contribution in [1.29, 1.82) is 0 Å². The molecule has 3 nitrogen and oxygen atoms in total. The molecule has 1 aromatic rings. The number of aliphatic hydroxyl groups is 1. The highest BCUT2D eigenvalue weighted by Gasteiger charge is 2.21. The molecule has 1 aliphatic carbocycles. The Hall–Kier alpha value is -0.830. The highest BCUT2D eigenvalue weighted by molar-refractivity contribution is 5.03. The van der Waals surface area contributed by atoms with Crippen LogP contribution in [0.4, 0.5) is 0 Å². The van der Waals surface area contributed by atoms with Crippen LogP contribution in [0.25, 0.3) is 0 Å². The van der Waals surface area contributed by atoms with Crippen LogP contribution in [0.5, 0.6) is 0 Å². The van der Waals surface area contributed by atoms with Crippen molar-refractivity contribution in [1.82, 2.24) is 9.55 Å². The maximum absolute atomic E-state index is 10.1. The fourth-order valence-electron chi connectivity index (χ4n) is 2.56. The Balaban J connectivity index is 1.97.